The maximum absolute atomic E-state index is 11.5. The van der Waals surface area contributed by atoms with Crippen molar-refractivity contribution in [2.45, 2.75) is 45.1 Å². The van der Waals surface area contributed by atoms with E-state index in [9.17, 15) is 4.79 Å². The first-order chi connectivity index (χ1) is 8.74. The van der Waals surface area contributed by atoms with Gasteiger partial charge in [-0.25, -0.2) is 19.3 Å². The summed E-state index contributed by atoms with van der Waals surface area (Å²) in [7, 11) is 0. The highest BCUT2D eigenvalue weighted by Gasteiger charge is 2.14. The molecule has 0 saturated heterocycles. The molecule has 6 nitrogen and oxygen atoms in total. The van der Waals surface area contributed by atoms with Crippen LogP contribution in [0.3, 0.4) is 0 Å². The molecule has 0 spiro atoms. The summed E-state index contributed by atoms with van der Waals surface area (Å²) in [6.07, 6.45) is 6.28. The third kappa shape index (κ3) is 1.98. The van der Waals surface area contributed by atoms with E-state index in [1.54, 1.807) is 0 Å². The van der Waals surface area contributed by atoms with E-state index in [-0.39, 0.29) is 5.69 Å². The molecule has 1 aliphatic rings. The molecule has 6 heteroatoms. The van der Waals surface area contributed by atoms with Crippen molar-refractivity contribution in [2.75, 3.05) is 5.32 Å². The van der Waals surface area contributed by atoms with Crippen LogP contribution in [0, 0.1) is 6.92 Å². The molecule has 0 bridgehead atoms. The van der Waals surface area contributed by atoms with Gasteiger partial charge in [0.15, 0.2) is 5.65 Å². The molecule has 18 heavy (non-hydrogen) atoms. The Morgan fingerprint density at radius 3 is 2.94 bits per heavy atom. The molecule has 96 valence electrons. The molecule has 2 aromatic heterocycles. The van der Waals surface area contributed by atoms with Crippen LogP contribution in [0.2, 0.25) is 0 Å². The summed E-state index contributed by atoms with van der Waals surface area (Å²) in [4.78, 5) is 15.9. The summed E-state index contributed by atoms with van der Waals surface area (Å²) in [5.74, 6) is 1.47. The van der Waals surface area contributed by atoms with Crippen LogP contribution in [0.5, 0.6) is 0 Å². The summed E-state index contributed by atoms with van der Waals surface area (Å²) in [6.45, 7) is 1.82. The van der Waals surface area contributed by atoms with Gasteiger partial charge in [0.1, 0.15) is 11.6 Å². The first-order valence-corrected chi connectivity index (χ1v) is 6.45. The molecule has 0 aromatic carbocycles. The lowest BCUT2D eigenvalue weighted by Gasteiger charge is -2.23. The van der Waals surface area contributed by atoms with Crippen LogP contribution in [-0.4, -0.2) is 25.6 Å². The molecule has 2 heterocycles. The zero-order chi connectivity index (χ0) is 12.5. The molecule has 1 aliphatic carbocycles. The fraction of sp³-hybridized carbons (Fsp3) is 0.583. The molecular weight excluding hydrogens is 230 g/mol. The van der Waals surface area contributed by atoms with Crippen molar-refractivity contribution in [3.63, 3.8) is 0 Å². The third-order valence-electron chi connectivity index (χ3n) is 3.53. The van der Waals surface area contributed by atoms with E-state index in [1.165, 1.54) is 36.5 Å². The van der Waals surface area contributed by atoms with Gasteiger partial charge >= 0.3 is 5.69 Å². The number of hydrogen-bond acceptors (Lipinski definition) is 4. The molecular formula is C12H17N5O. The fourth-order valence-electron chi connectivity index (χ4n) is 2.63. The number of H-pyrrole nitrogens is 1. The standard InChI is InChI=1S/C12H17N5O/c1-8-13-10(14-9-5-3-2-4-6-9)7-11-15-16-12(18)17(8)11/h7,9,14H,2-6H2,1H3,(H,16,18). The topological polar surface area (TPSA) is 75.1 Å². The van der Waals surface area contributed by atoms with E-state index in [0.717, 1.165) is 5.82 Å². The fourth-order valence-corrected chi connectivity index (χ4v) is 2.63. The Labute approximate surface area is 104 Å². The predicted octanol–water partition coefficient (Wildman–Crippen LogP) is 1.47. The highest BCUT2D eigenvalue weighted by Crippen LogP contribution is 2.21. The maximum Gasteiger partial charge on any atom is 0.349 e. The first kappa shape index (κ1) is 11.3. The first-order valence-electron chi connectivity index (χ1n) is 6.45. The zero-order valence-corrected chi connectivity index (χ0v) is 10.4. The van der Waals surface area contributed by atoms with Gasteiger partial charge in [0, 0.05) is 12.1 Å². The highest BCUT2D eigenvalue weighted by atomic mass is 16.1. The second-order valence-electron chi connectivity index (χ2n) is 4.89. The summed E-state index contributed by atoms with van der Waals surface area (Å²) in [5.41, 5.74) is 0.380. The van der Waals surface area contributed by atoms with E-state index in [2.05, 4.69) is 20.5 Å². The highest BCUT2D eigenvalue weighted by molar-refractivity contribution is 5.50. The van der Waals surface area contributed by atoms with Crippen molar-refractivity contribution in [1.29, 1.82) is 0 Å². The number of nitrogens with zero attached hydrogens (tertiary/aromatic N) is 3. The Balaban J connectivity index is 1.90. The van der Waals surface area contributed by atoms with Crippen molar-refractivity contribution in [1.82, 2.24) is 19.6 Å². The Morgan fingerprint density at radius 2 is 2.17 bits per heavy atom. The largest absolute Gasteiger partial charge is 0.367 e. The second-order valence-corrected chi connectivity index (χ2v) is 4.89. The SMILES string of the molecule is Cc1nc(NC2CCCCC2)cc2n[nH]c(=O)n12. The van der Waals surface area contributed by atoms with Gasteiger partial charge in [-0.3, -0.25) is 0 Å². The minimum Gasteiger partial charge on any atom is -0.367 e. The van der Waals surface area contributed by atoms with Crippen molar-refractivity contribution in [3.05, 3.63) is 22.4 Å². The lowest BCUT2D eigenvalue weighted by atomic mass is 9.95. The van der Waals surface area contributed by atoms with E-state index in [0.29, 0.717) is 17.5 Å². The van der Waals surface area contributed by atoms with Crippen LogP contribution in [0.25, 0.3) is 5.65 Å². The smallest absolute Gasteiger partial charge is 0.349 e. The maximum atomic E-state index is 11.5. The quantitative estimate of drug-likeness (QED) is 0.842. The summed E-state index contributed by atoms with van der Waals surface area (Å²) >= 11 is 0. The van der Waals surface area contributed by atoms with E-state index in [1.807, 2.05) is 13.0 Å². The van der Waals surface area contributed by atoms with Gasteiger partial charge in [0.25, 0.3) is 0 Å². The van der Waals surface area contributed by atoms with Crippen LogP contribution in [0.1, 0.15) is 37.9 Å². The van der Waals surface area contributed by atoms with Crippen LogP contribution in [-0.2, 0) is 0 Å². The molecule has 0 aliphatic heterocycles. The Kier molecular flexibility index (Phi) is 2.77. The number of aromatic nitrogens is 4. The van der Waals surface area contributed by atoms with Gasteiger partial charge in [-0.1, -0.05) is 19.3 Å². The van der Waals surface area contributed by atoms with Gasteiger partial charge in [-0.05, 0) is 19.8 Å². The number of rotatable bonds is 2. The number of anilines is 1. The molecule has 0 unspecified atom stereocenters. The molecule has 2 N–H and O–H groups in total. The molecule has 2 aromatic rings. The summed E-state index contributed by atoms with van der Waals surface area (Å²) in [6, 6.07) is 2.32. The van der Waals surface area contributed by atoms with Gasteiger partial charge in [-0.15, -0.1) is 0 Å². The normalized spacial score (nSPS) is 17.2. The average molecular weight is 247 g/mol. The third-order valence-corrected chi connectivity index (χ3v) is 3.53. The van der Waals surface area contributed by atoms with Gasteiger partial charge in [0.05, 0.1) is 0 Å². The van der Waals surface area contributed by atoms with Crippen molar-refractivity contribution < 1.29 is 0 Å². The van der Waals surface area contributed by atoms with Gasteiger partial charge < -0.3 is 5.32 Å². The minimum atomic E-state index is -0.237. The van der Waals surface area contributed by atoms with Crippen LogP contribution >= 0.6 is 0 Å². The monoisotopic (exact) mass is 247 g/mol. The number of aromatic amines is 1. The van der Waals surface area contributed by atoms with Gasteiger partial charge in [-0.2, -0.15) is 5.10 Å². The number of fused-ring (bicyclic) bond motifs is 1. The second kappa shape index (κ2) is 4.44. The molecule has 0 amide bonds. The average Bonchev–Trinajstić information content (AvgIpc) is 2.72. The van der Waals surface area contributed by atoms with Gasteiger partial charge in [0.2, 0.25) is 0 Å². The van der Waals surface area contributed by atoms with Crippen molar-refractivity contribution >= 4 is 11.5 Å². The Morgan fingerprint density at radius 1 is 1.39 bits per heavy atom. The van der Waals surface area contributed by atoms with Crippen molar-refractivity contribution in [2.24, 2.45) is 0 Å². The van der Waals surface area contributed by atoms with Crippen molar-refractivity contribution in [3.8, 4) is 0 Å². The molecule has 0 radical (unpaired) electrons. The zero-order valence-electron chi connectivity index (χ0n) is 10.4. The van der Waals surface area contributed by atoms with Crippen LogP contribution in [0.15, 0.2) is 10.9 Å². The summed E-state index contributed by atoms with van der Waals surface area (Å²) in [5, 5.41) is 9.86. The summed E-state index contributed by atoms with van der Waals surface area (Å²) < 4.78 is 1.48. The lowest BCUT2D eigenvalue weighted by Crippen LogP contribution is -2.23. The van der Waals surface area contributed by atoms with E-state index < -0.39 is 0 Å². The Hall–Kier alpha value is -1.85. The molecule has 1 fully saturated rings. The molecule has 0 atom stereocenters. The lowest BCUT2D eigenvalue weighted by molar-refractivity contribution is 0.461. The number of nitrogens with one attached hydrogen (secondary N) is 2. The minimum absolute atomic E-state index is 0.237. The van der Waals surface area contributed by atoms with Crippen LogP contribution < -0.4 is 11.0 Å². The molecule has 3 rings (SSSR count). The van der Waals surface area contributed by atoms with Crippen LogP contribution in [0.4, 0.5) is 5.82 Å². The predicted molar refractivity (Wildman–Crippen MR) is 68.8 cm³/mol. The Bertz CT molecular complexity index is 608. The molecule has 1 saturated carbocycles. The number of aryl methyl sites for hydroxylation is 1. The van der Waals surface area contributed by atoms with E-state index >= 15 is 0 Å². The number of hydrogen-bond donors (Lipinski definition) is 2. The van der Waals surface area contributed by atoms with E-state index in [4.69, 9.17) is 0 Å².